The van der Waals surface area contributed by atoms with Crippen molar-refractivity contribution in [2.24, 2.45) is 0 Å². The zero-order valence-electron chi connectivity index (χ0n) is 16.4. The topological polar surface area (TPSA) is 81.8 Å². The number of aryl methyl sites for hydroxylation is 1. The van der Waals surface area contributed by atoms with Crippen LogP contribution in [0.1, 0.15) is 11.1 Å². The molecule has 0 radical (unpaired) electrons. The molecule has 160 valence electrons. The SMILES string of the molecule is Cc1cccc(CN2C(=O)C3NSC=C3N(CC(=O)Nc3ccc(F)cc3F)C2=O)c1. The lowest BCUT2D eigenvalue weighted by molar-refractivity contribution is -0.132. The number of carbonyl (C=O) groups is 3. The Hall–Kier alpha value is -3.24. The summed E-state index contributed by atoms with van der Waals surface area (Å²) in [5.41, 5.74) is 1.92. The second-order valence-electron chi connectivity index (χ2n) is 7.17. The van der Waals surface area contributed by atoms with Crippen molar-refractivity contribution in [3.05, 3.63) is 76.3 Å². The smallest absolute Gasteiger partial charge is 0.322 e. The quantitative estimate of drug-likeness (QED) is 0.693. The molecule has 10 heteroatoms. The molecule has 4 amide bonds. The van der Waals surface area contributed by atoms with Crippen molar-refractivity contribution < 1.29 is 23.2 Å². The third kappa shape index (κ3) is 4.30. The fraction of sp³-hybridized carbons (Fsp3) is 0.190. The molecule has 2 aromatic rings. The third-order valence-electron chi connectivity index (χ3n) is 4.88. The molecule has 0 spiro atoms. The molecule has 0 aromatic heterocycles. The van der Waals surface area contributed by atoms with Crippen LogP contribution in [0.5, 0.6) is 0 Å². The van der Waals surface area contributed by atoms with Gasteiger partial charge in [-0.3, -0.25) is 19.4 Å². The number of amides is 4. The number of hydrogen-bond acceptors (Lipinski definition) is 5. The van der Waals surface area contributed by atoms with Gasteiger partial charge in [0, 0.05) is 11.5 Å². The minimum Gasteiger partial charge on any atom is -0.322 e. The van der Waals surface area contributed by atoms with Crippen molar-refractivity contribution in [3.8, 4) is 0 Å². The summed E-state index contributed by atoms with van der Waals surface area (Å²) in [7, 11) is 0. The highest BCUT2D eigenvalue weighted by atomic mass is 32.2. The Labute approximate surface area is 181 Å². The third-order valence-corrected chi connectivity index (χ3v) is 5.61. The molecule has 2 aliphatic rings. The van der Waals surface area contributed by atoms with Crippen LogP contribution in [0.2, 0.25) is 0 Å². The van der Waals surface area contributed by atoms with E-state index in [9.17, 15) is 23.2 Å². The van der Waals surface area contributed by atoms with Crippen LogP contribution in [0, 0.1) is 18.6 Å². The molecule has 2 aliphatic heterocycles. The van der Waals surface area contributed by atoms with Crippen LogP contribution in [0.3, 0.4) is 0 Å². The van der Waals surface area contributed by atoms with Crippen LogP contribution in [0.25, 0.3) is 0 Å². The molecule has 1 unspecified atom stereocenters. The Bertz CT molecular complexity index is 1110. The van der Waals surface area contributed by atoms with E-state index in [0.717, 1.165) is 40.1 Å². The highest BCUT2D eigenvalue weighted by molar-refractivity contribution is 8.00. The minimum atomic E-state index is -0.926. The van der Waals surface area contributed by atoms with E-state index in [-0.39, 0.29) is 12.2 Å². The first-order valence-electron chi connectivity index (χ1n) is 9.38. The second-order valence-corrected chi connectivity index (χ2v) is 7.87. The Balaban J connectivity index is 1.54. The van der Waals surface area contributed by atoms with Crippen molar-refractivity contribution in [2.45, 2.75) is 19.5 Å². The first-order chi connectivity index (χ1) is 14.8. The molecule has 31 heavy (non-hydrogen) atoms. The Kier molecular flexibility index (Phi) is 5.75. The van der Waals surface area contributed by atoms with E-state index in [2.05, 4.69) is 10.0 Å². The largest absolute Gasteiger partial charge is 0.331 e. The van der Waals surface area contributed by atoms with Crippen LogP contribution >= 0.6 is 11.9 Å². The number of urea groups is 1. The lowest BCUT2D eigenvalue weighted by Gasteiger charge is -2.38. The zero-order valence-corrected chi connectivity index (χ0v) is 17.2. The van der Waals surface area contributed by atoms with Crippen molar-refractivity contribution in [3.63, 3.8) is 0 Å². The van der Waals surface area contributed by atoms with Gasteiger partial charge in [-0.1, -0.05) is 41.8 Å². The summed E-state index contributed by atoms with van der Waals surface area (Å²) >= 11 is 1.15. The van der Waals surface area contributed by atoms with Crippen LogP contribution in [0.15, 0.2) is 53.6 Å². The molecule has 0 bridgehead atoms. The maximum atomic E-state index is 13.9. The maximum Gasteiger partial charge on any atom is 0.331 e. The number of fused-ring (bicyclic) bond motifs is 1. The van der Waals surface area contributed by atoms with E-state index < -0.39 is 42.1 Å². The van der Waals surface area contributed by atoms with Gasteiger partial charge in [0.15, 0.2) is 0 Å². The molecule has 2 heterocycles. The van der Waals surface area contributed by atoms with Crippen molar-refractivity contribution in [2.75, 3.05) is 11.9 Å². The lowest BCUT2D eigenvalue weighted by Crippen LogP contribution is -2.59. The standard InChI is InChI=1S/C21H18F2N4O3S/c1-12-3-2-4-13(7-12)9-27-20(29)19-17(11-31-25-19)26(21(27)30)10-18(28)24-16-6-5-14(22)8-15(16)23/h2-8,11,19,25H,9-10H2,1H3,(H,24,28). The highest BCUT2D eigenvalue weighted by Crippen LogP contribution is 2.30. The summed E-state index contributed by atoms with van der Waals surface area (Å²) in [6.45, 7) is 1.53. The molecule has 1 fully saturated rings. The van der Waals surface area contributed by atoms with E-state index in [1.807, 2.05) is 31.2 Å². The van der Waals surface area contributed by atoms with Crippen molar-refractivity contribution >= 4 is 35.5 Å². The number of halogens is 2. The fourth-order valence-corrected chi connectivity index (χ4v) is 4.22. The molecule has 1 saturated heterocycles. The van der Waals surface area contributed by atoms with Gasteiger partial charge < -0.3 is 5.32 Å². The monoisotopic (exact) mass is 444 g/mol. The van der Waals surface area contributed by atoms with Gasteiger partial charge in [0.25, 0.3) is 5.91 Å². The van der Waals surface area contributed by atoms with E-state index in [1.54, 1.807) is 5.41 Å². The van der Waals surface area contributed by atoms with Gasteiger partial charge in [-0.2, -0.15) is 0 Å². The van der Waals surface area contributed by atoms with Crippen molar-refractivity contribution in [1.82, 2.24) is 14.5 Å². The van der Waals surface area contributed by atoms with Gasteiger partial charge in [0.05, 0.1) is 17.9 Å². The molecule has 2 N–H and O–H groups in total. The van der Waals surface area contributed by atoms with Gasteiger partial charge in [-0.25, -0.2) is 18.3 Å². The van der Waals surface area contributed by atoms with Crippen LogP contribution < -0.4 is 10.0 Å². The van der Waals surface area contributed by atoms with Crippen LogP contribution in [-0.2, 0) is 16.1 Å². The number of nitrogens with one attached hydrogen (secondary N) is 2. The average molecular weight is 444 g/mol. The van der Waals surface area contributed by atoms with E-state index in [4.69, 9.17) is 0 Å². The number of anilines is 1. The average Bonchev–Trinajstić information content (AvgIpc) is 3.21. The Morgan fingerprint density at radius 1 is 1.16 bits per heavy atom. The molecular weight excluding hydrogens is 426 g/mol. The summed E-state index contributed by atoms with van der Waals surface area (Å²) in [4.78, 5) is 40.8. The summed E-state index contributed by atoms with van der Waals surface area (Å²) in [6, 6.07) is 8.77. The molecule has 7 nitrogen and oxygen atoms in total. The first-order valence-corrected chi connectivity index (χ1v) is 10.3. The number of benzene rings is 2. The first kappa shape index (κ1) is 21.0. The highest BCUT2D eigenvalue weighted by Gasteiger charge is 2.45. The predicted octanol–water partition coefficient (Wildman–Crippen LogP) is 3.14. The molecular formula is C21H18F2N4O3S. The molecule has 2 aromatic carbocycles. The Morgan fingerprint density at radius 3 is 2.71 bits per heavy atom. The zero-order chi connectivity index (χ0) is 22.1. The molecule has 0 aliphatic carbocycles. The number of rotatable bonds is 5. The van der Waals surface area contributed by atoms with Gasteiger partial charge in [-0.05, 0) is 24.6 Å². The predicted molar refractivity (Wildman–Crippen MR) is 111 cm³/mol. The number of hydrogen-bond donors (Lipinski definition) is 2. The molecule has 0 saturated carbocycles. The lowest BCUT2D eigenvalue weighted by atomic mass is 10.1. The summed E-state index contributed by atoms with van der Waals surface area (Å²) in [6.07, 6.45) is 0. The number of imide groups is 1. The molecule has 1 atom stereocenters. The van der Waals surface area contributed by atoms with Gasteiger partial charge >= 0.3 is 6.03 Å². The Morgan fingerprint density at radius 2 is 1.97 bits per heavy atom. The minimum absolute atomic E-state index is 0.0557. The van der Waals surface area contributed by atoms with E-state index >= 15 is 0 Å². The van der Waals surface area contributed by atoms with Crippen LogP contribution in [0.4, 0.5) is 19.3 Å². The fourth-order valence-electron chi connectivity index (χ4n) is 3.42. The summed E-state index contributed by atoms with van der Waals surface area (Å²) in [5, 5.41) is 3.93. The number of carbonyl (C=O) groups excluding carboxylic acids is 3. The summed E-state index contributed by atoms with van der Waals surface area (Å²) < 4.78 is 29.9. The van der Waals surface area contributed by atoms with E-state index in [0.29, 0.717) is 11.8 Å². The van der Waals surface area contributed by atoms with Gasteiger partial charge in [0.2, 0.25) is 5.91 Å². The van der Waals surface area contributed by atoms with Crippen LogP contribution in [-0.4, -0.2) is 40.2 Å². The number of nitrogens with zero attached hydrogens (tertiary/aromatic N) is 2. The van der Waals surface area contributed by atoms with Gasteiger partial charge in [0.1, 0.15) is 24.2 Å². The van der Waals surface area contributed by atoms with E-state index in [1.165, 1.54) is 4.90 Å². The van der Waals surface area contributed by atoms with Crippen molar-refractivity contribution in [1.29, 1.82) is 0 Å². The second kappa shape index (κ2) is 8.48. The normalized spacial score (nSPS) is 18.2. The molecule has 4 rings (SSSR count). The van der Waals surface area contributed by atoms with Gasteiger partial charge in [-0.15, -0.1) is 0 Å². The summed E-state index contributed by atoms with van der Waals surface area (Å²) in [5.74, 6) is -2.79. The maximum absolute atomic E-state index is 13.9.